The molecule has 0 saturated heterocycles. The average molecular weight is 418 g/mol. The number of hydrogen-bond donors (Lipinski definition) is 2. The molecule has 5 nitrogen and oxygen atoms in total. The number of rotatable bonds is 10. The van der Waals surface area contributed by atoms with E-state index in [9.17, 15) is 4.79 Å². The lowest BCUT2D eigenvalue weighted by Gasteiger charge is -2.13. The Morgan fingerprint density at radius 1 is 1.06 bits per heavy atom. The predicted molar refractivity (Wildman–Crippen MR) is 126 cm³/mol. The SMILES string of the molecule is Cc1cc(OCCc2ccccn2)ccc1Nc1cccc(C(=O)NCCC(C)C)c1. The zero-order valence-electron chi connectivity index (χ0n) is 18.5. The number of benzene rings is 2. The summed E-state index contributed by atoms with van der Waals surface area (Å²) in [7, 11) is 0. The Bertz CT molecular complexity index is 987. The topological polar surface area (TPSA) is 63.2 Å². The monoisotopic (exact) mass is 417 g/mol. The Hall–Kier alpha value is -3.34. The van der Waals surface area contributed by atoms with Gasteiger partial charge in [-0.05, 0) is 73.4 Å². The van der Waals surface area contributed by atoms with Crippen LogP contribution in [0, 0.1) is 12.8 Å². The second-order valence-electron chi connectivity index (χ2n) is 8.04. The van der Waals surface area contributed by atoms with E-state index in [2.05, 4.69) is 29.5 Å². The Labute approximate surface area is 184 Å². The number of hydrogen-bond acceptors (Lipinski definition) is 4. The summed E-state index contributed by atoms with van der Waals surface area (Å²) >= 11 is 0. The van der Waals surface area contributed by atoms with Crippen molar-refractivity contribution in [3.8, 4) is 5.75 Å². The lowest BCUT2D eigenvalue weighted by atomic mass is 10.1. The highest BCUT2D eigenvalue weighted by atomic mass is 16.5. The summed E-state index contributed by atoms with van der Waals surface area (Å²) in [5.74, 6) is 1.35. The molecule has 1 amide bonds. The number of aryl methyl sites for hydroxylation is 1. The maximum atomic E-state index is 12.4. The molecule has 0 bridgehead atoms. The maximum Gasteiger partial charge on any atom is 0.251 e. The fourth-order valence-corrected chi connectivity index (χ4v) is 3.16. The van der Waals surface area contributed by atoms with Crippen LogP contribution in [0.25, 0.3) is 0 Å². The molecule has 31 heavy (non-hydrogen) atoms. The van der Waals surface area contributed by atoms with Crippen molar-refractivity contribution in [2.24, 2.45) is 5.92 Å². The van der Waals surface area contributed by atoms with Gasteiger partial charge in [0.25, 0.3) is 5.91 Å². The predicted octanol–water partition coefficient (Wildman–Crippen LogP) is 5.53. The van der Waals surface area contributed by atoms with Gasteiger partial charge in [0.05, 0.1) is 6.61 Å². The van der Waals surface area contributed by atoms with Crippen molar-refractivity contribution in [3.63, 3.8) is 0 Å². The molecule has 3 rings (SSSR count). The smallest absolute Gasteiger partial charge is 0.251 e. The number of pyridine rings is 1. The highest BCUT2D eigenvalue weighted by Gasteiger charge is 2.08. The Kier molecular flexibility index (Phi) is 8.05. The third kappa shape index (κ3) is 7.14. The molecule has 0 radical (unpaired) electrons. The van der Waals surface area contributed by atoms with Gasteiger partial charge in [0, 0.05) is 41.8 Å². The van der Waals surface area contributed by atoms with Crippen LogP contribution in [0.15, 0.2) is 66.9 Å². The molecular weight excluding hydrogens is 386 g/mol. The molecule has 2 N–H and O–H groups in total. The largest absolute Gasteiger partial charge is 0.493 e. The van der Waals surface area contributed by atoms with Crippen molar-refractivity contribution in [3.05, 3.63) is 83.7 Å². The van der Waals surface area contributed by atoms with Gasteiger partial charge in [0.2, 0.25) is 0 Å². The fourth-order valence-electron chi connectivity index (χ4n) is 3.16. The molecule has 0 unspecified atom stereocenters. The molecule has 5 heteroatoms. The van der Waals surface area contributed by atoms with Crippen LogP contribution in [-0.2, 0) is 6.42 Å². The summed E-state index contributed by atoms with van der Waals surface area (Å²) in [4.78, 5) is 16.7. The summed E-state index contributed by atoms with van der Waals surface area (Å²) in [5.41, 5.74) is 4.60. The quantitative estimate of drug-likeness (QED) is 0.455. The standard InChI is InChI=1S/C26H31N3O2/c1-19(2)12-15-28-26(30)21-7-6-9-23(18-21)29-25-11-10-24(17-20(25)3)31-16-13-22-8-4-5-14-27-22/h4-11,14,17-19,29H,12-13,15-16H2,1-3H3,(H,28,30). The summed E-state index contributed by atoms with van der Waals surface area (Å²) in [6, 6.07) is 19.4. The van der Waals surface area contributed by atoms with Crippen molar-refractivity contribution < 1.29 is 9.53 Å². The molecule has 0 fully saturated rings. The van der Waals surface area contributed by atoms with Gasteiger partial charge >= 0.3 is 0 Å². The third-order valence-corrected chi connectivity index (χ3v) is 4.96. The first kappa shape index (κ1) is 22.3. The molecule has 3 aromatic rings. The zero-order valence-corrected chi connectivity index (χ0v) is 18.5. The van der Waals surface area contributed by atoms with Gasteiger partial charge in [-0.25, -0.2) is 0 Å². The molecule has 1 aromatic heterocycles. The molecule has 0 atom stereocenters. The van der Waals surface area contributed by atoms with Crippen LogP contribution < -0.4 is 15.4 Å². The molecule has 0 aliphatic rings. The van der Waals surface area contributed by atoms with Gasteiger partial charge < -0.3 is 15.4 Å². The van der Waals surface area contributed by atoms with Gasteiger partial charge in [-0.1, -0.05) is 26.0 Å². The van der Waals surface area contributed by atoms with Gasteiger partial charge in [-0.3, -0.25) is 9.78 Å². The van der Waals surface area contributed by atoms with E-state index in [1.807, 2.05) is 67.6 Å². The molecule has 1 heterocycles. The first-order valence-corrected chi connectivity index (χ1v) is 10.8. The van der Waals surface area contributed by atoms with E-state index in [-0.39, 0.29) is 5.91 Å². The number of carbonyl (C=O) groups is 1. The molecule has 0 aliphatic heterocycles. The number of carbonyl (C=O) groups excluding carboxylic acids is 1. The lowest BCUT2D eigenvalue weighted by Crippen LogP contribution is -2.25. The minimum absolute atomic E-state index is 0.0438. The van der Waals surface area contributed by atoms with E-state index < -0.39 is 0 Å². The summed E-state index contributed by atoms with van der Waals surface area (Å²) in [6.07, 6.45) is 3.54. The van der Waals surface area contributed by atoms with Crippen LogP contribution >= 0.6 is 0 Å². The number of nitrogens with zero attached hydrogens (tertiary/aromatic N) is 1. The van der Waals surface area contributed by atoms with Crippen LogP contribution in [0.5, 0.6) is 5.75 Å². The number of ether oxygens (including phenoxy) is 1. The van der Waals surface area contributed by atoms with E-state index in [1.54, 1.807) is 6.20 Å². The van der Waals surface area contributed by atoms with E-state index in [0.29, 0.717) is 24.6 Å². The van der Waals surface area contributed by atoms with Gasteiger partial charge in [-0.15, -0.1) is 0 Å². The minimum atomic E-state index is -0.0438. The van der Waals surface area contributed by atoms with Crippen LogP contribution in [0.4, 0.5) is 11.4 Å². The van der Waals surface area contributed by atoms with Crippen LogP contribution in [-0.4, -0.2) is 24.0 Å². The fraction of sp³-hybridized carbons (Fsp3) is 0.308. The van der Waals surface area contributed by atoms with Crippen LogP contribution in [0.3, 0.4) is 0 Å². The zero-order chi connectivity index (χ0) is 22.1. The second kappa shape index (κ2) is 11.2. The second-order valence-corrected chi connectivity index (χ2v) is 8.04. The first-order valence-electron chi connectivity index (χ1n) is 10.8. The summed E-state index contributed by atoms with van der Waals surface area (Å²) < 4.78 is 5.88. The molecule has 0 spiro atoms. The van der Waals surface area contributed by atoms with Crippen molar-refractivity contribution in [1.82, 2.24) is 10.3 Å². The van der Waals surface area contributed by atoms with Crippen molar-refractivity contribution in [2.75, 3.05) is 18.5 Å². The van der Waals surface area contributed by atoms with Gasteiger partial charge in [-0.2, -0.15) is 0 Å². The molecular formula is C26H31N3O2. The van der Waals surface area contributed by atoms with Crippen molar-refractivity contribution in [1.29, 1.82) is 0 Å². The Morgan fingerprint density at radius 2 is 1.94 bits per heavy atom. The van der Waals surface area contributed by atoms with Crippen LogP contribution in [0.2, 0.25) is 0 Å². The first-order chi connectivity index (χ1) is 15.0. The summed E-state index contributed by atoms with van der Waals surface area (Å²) in [6.45, 7) is 7.61. The molecule has 0 aliphatic carbocycles. The average Bonchev–Trinajstić information content (AvgIpc) is 2.76. The number of anilines is 2. The van der Waals surface area contributed by atoms with E-state index in [4.69, 9.17) is 4.74 Å². The Balaban J connectivity index is 1.56. The van der Waals surface area contributed by atoms with Crippen LogP contribution in [0.1, 0.15) is 41.9 Å². The lowest BCUT2D eigenvalue weighted by molar-refractivity contribution is 0.0952. The summed E-state index contributed by atoms with van der Waals surface area (Å²) in [5, 5.41) is 6.39. The van der Waals surface area contributed by atoms with Crippen molar-refractivity contribution in [2.45, 2.75) is 33.6 Å². The van der Waals surface area contributed by atoms with E-state index >= 15 is 0 Å². The van der Waals surface area contributed by atoms with Crippen molar-refractivity contribution >= 4 is 17.3 Å². The highest BCUT2D eigenvalue weighted by molar-refractivity contribution is 5.95. The number of amides is 1. The third-order valence-electron chi connectivity index (χ3n) is 4.96. The van der Waals surface area contributed by atoms with Gasteiger partial charge in [0.15, 0.2) is 0 Å². The van der Waals surface area contributed by atoms with Gasteiger partial charge in [0.1, 0.15) is 5.75 Å². The number of nitrogens with one attached hydrogen (secondary N) is 2. The van der Waals surface area contributed by atoms with E-state index in [1.165, 1.54) is 0 Å². The number of aromatic nitrogens is 1. The maximum absolute atomic E-state index is 12.4. The van der Waals surface area contributed by atoms with E-state index in [0.717, 1.165) is 41.2 Å². The Morgan fingerprint density at radius 3 is 2.68 bits per heavy atom. The highest BCUT2D eigenvalue weighted by Crippen LogP contribution is 2.25. The molecule has 2 aromatic carbocycles. The molecule has 0 saturated carbocycles. The molecule has 162 valence electrons. The minimum Gasteiger partial charge on any atom is -0.493 e. The normalized spacial score (nSPS) is 10.7.